The summed E-state index contributed by atoms with van der Waals surface area (Å²) in [6.45, 7) is 0. The van der Waals surface area contributed by atoms with Crippen LogP contribution in [0.15, 0.2) is 42.5 Å². The molecule has 0 N–H and O–H groups in total. The normalized spacial score (nSPS) is 11.0. The van der Waals surface area contributed by atoms with E-state index in [2.05, 4.69) is 9.47 Å². The van der Waals surface area contributed by atoms with Gasteiger partial charge >= 0.3 is 12.3 Å². The molecule has 2 aromatic carbocycles. The summed E-state index contributed by atoms with van der Waals surface area (Å²) in [5.74, 6) is -0.377. The molecular weight excluding hydrogens is 313 g/mol. The van der Waals surface area contributed by atoms with Crippen molar-refractivity contribution in [2.75, 3.05) is 14.2 Å². The van der Waals surface area contributed by atoms with Gasteiger partial charge in [-0.2, -0.15) is 0 Å². The predicted octanol–water partition coefficient (Wildman–Crippen LogP) is 4.05. The minimum Gasteiger partial charge on any atom is -0.496 e. The van der Waals surface area contributed by atoms with Gasteiger partial charge in [0, 0.05) is 5.56 Å². The molecule has 2 rings (SSSR count). The quantitative estimate of drug-likeness (QED) is 0.795. The lowest BCUT2D eigenvalue weighted by molar-refractivity contribution is -0.274. The van der Waals surface area contributed by atoms with Crippen LogP contribution in [0.4, 0.5) is 13.2 Å². The fourth-order valence-corrected chi connectivity index (χ4v) is 2.01. The summed E-state index contributed by atoms with van der Waals surface area (Å²) < 4.78 is 50.2. The maximum atomic E-state index is 12.2. The number of esters is 1. The number of alkyl halides is 3. The zero-order chi connectivity index (χ0) is 17.0. The van der Waals surface area contributed by atoms with Crippen LogP contribution in [0.2, 0.25) is 0 Å². The van der Waals surface area contributed by atoms with Crippen molar-refractivity contribution in [1.29, 1.82) is 0 Å². The molecule has 0 unspecified atom stereocenters. The van der Waals surface area contributed by atoms with E-state index >= 15 is 0 Å². The molecule has 0 bridgehead atoms. The average Bonchev–Trinajstić information content (AvgIpc) is 2.52. The predicted molar refractivity (Wildman–Crippen MR) is 76.5 cm³/mol. The summed E-state index contributed by atoms with van der Waals surface area (Å²) in [7, 11) is 2.72. The number of hydrogen-bond acceptors (Lipinski definition) is 4. The average molecular weight is 326 g/mol. The molecule has 0 radical (unpaired) electrons. The van der Waals surface area contributed by atoms with Gasteiger partial charge in [-0.25, -0.2) is 4.79 Å². The molecule has 23 heavy (non-hydrogen) atoms. The number of methoxy groups -OCH3 is 2. The largest absolute Gasteiger partial charge is 0.573 e. The first-order valence-corrected chi connectivity index (χ1v) is 6.46. The highest BCUT2D eigenvalue weighted by Gasteiger charge is 2.31. The van der Waals surface area contributed by atoms with Crippen molar-refractivity contribution in [3.05, 3.63) is 48.0 Å². The van der Waals surface area contributed by atoms with Crippen molar-refractivity contribution in [2.45, 2.75) is 6.36 Å². The Balaban J connectivity index is 2.38. The van der Waals surface area contributed by atoms with Crippen LogP contribution in [0.3, 0.4) is 0 Å². The minimum atomic E-state index is -4.75. The molecule has 0 amide bonds. The highest BCUT2D eigenvalue weighted by Crippen LogP contribution is 2.33. The van der Waals surface area contributed by atoms with Crippen molar-refractivity contribution >= 4 is 5.97 Å². The SMILES string of the molecule is COC(=O)c1ccc(OC)c(-c2ccc(OC(F)(F)F)cc2)c1. The van der Waals surface area contributed by atoms with Crippen LogP contribution in [-0.2, 0) is 4.74 Å². The lowest BCUT2D eigenvalue weighted by Gasteiger charge is -2.12. The van der Waals surface area contributed by atoms with Crippen molar-refractivity contribution in [2.24, 2.45) is 0 Å². The molecule has 0 saturated heterocycles. The van der Waals surface area contributed by atoms with E-state index < -0.39 is 12.3 Å². The Morgan fingerprint density at radius 3 is 2.17 bits per heavy atom. The number of carbonyl (C=O) groups is 1. The minimum absolute atomic E-state index is 0.305. The van der Waals surface area contributed by atoms with Gasteiger partial charge in [0.2, 0.25) is 0 Å². The zero-order valence-corrected chi connectivity index (χ0v) is 12.3. The summed E-state index contributed by atoms with van der Waals surface area (Å²) in [5, 5.41) is 0. The lowest BCUT2D eigenvalue weighted by Crippen LogP contribution is -2.16. The maximum absolute atomic E-state index is 12.2. The van der Waals surface area contributed by atoms with E-state index in [4.69, 9.17) is 4.74 Å². The van der Waals surface area contributed by atoms with Crippen LogP contribution < -0.4 is 9.47 Å². The number of rotatable bonds is 4. The highest BCUT2D eigenvalue weighted by molar-refractivity contribution is 5.92. The maximum Gasteiger partial charge on any atom is 0.573 e. The summed E-state index contributed by atoms with van der Waals surface area (Å²) in [6.07, 6.45) is -4.75. The third-order valence-corrected chi connectivity index (χ3v) is 3.02. The van der Waals surface area contributed by atoms with Crippen LogP contribution >= 0.6 is 0 Å². The molecule has 0 saturated carbocycles. The molecule has 122 valence electrons. The molecule has 7 heteroatoms. The van der Waals surface area contributed by atoms with E-state index in [0.29, 0.717) is 22.4 Å². The van der Waals surface area contributed by atoms with Gasteiger partial charge in [0.1, 0.15) is 11.5 Å². The van der Waals surface area contributed by atoms with Gasteiger partial charge in [0.15, 0.2) is 0 Å². The molecule has 0 aromatic heterocycles. The smallest absolute Gasteiger partial charge is 0.496 e. The summed E-state index contributed by atoms with van der Waals surface area (Å²) in [5.41, 5.74) is 1.43. The molecule has 2 aromatic rings. The Bertz CT molecular complexity index is 693. The Kier molecular flexibility index (Phi) is 4.78. The second kappa shape index (κ2) is 6.60. The van der Waals surface area contributed by atoms with Crippen molar-refractivity contribution in [3.8, 4) is 22.6 Å². The van der Waals surface area contributed by atoms with Crippen LogP contribution in [-0.4, -0.2) is 26.6 Å². The Hall–Kier alpha value is -2.70. The van der Waals surface area contributed by atoms with E-state index in [-0.39, 0.29) is 5.75 Å². The van der Waals surface area contributed by atoms with E-state index in [9.17, 15) is 18.0 Å². The number of ether oxygens (including phenoxy) is 3. The van der Waals surface area contributed by atoms with Gasteiger partial charge in [0.05, 0.1) is 19.8 Å². The van der Waals surface area contributed by atoms with E-state index in [1.165, 1.54) is 44.6 Å². The monoisotopic (exact) mass is 326 g/mol. The Morgan fingerprint density at radius 1 is 1.00 bits per heavy atom. The fraction of sp³-hybridized carbons (Fsp3) is 0.188. The van der Waals surface area contributed by atoms with E-state index in [1.807, 2.05) is 0 Å². The van der Waals surface area contributed by atoms with Crippen molar-refractivity contribution in [3.63, 3.8) is 0 Å². The standard InChI is InChI=1S/C16H13F3O4/c1-21-14-8-5-11(15(20)22-2)9-13(14)10-3-6-12(7-4-10)23-16(17,18)19/h3-9H,1-2H3. The third kappa shape index (κ3) is 4.15. The second-order valence-corrected chi connectivity index (χ2v) is 4.48. The molecular formula is C16H13F3O4. The summed E-state index contributed by atoms with van der Waals surface area (Å²) in [4.78, 5) is 11.6. The Labute approximate surface area is 130 Å². The molecule has 0 heterocycles. The van der Waals surface area contributed by atoms with E-state index in [0.717, 1.165) is 0 Å². The second-order valence-electron chi connectivity index (χ2n) is 4.48. The van der Waals surface area contributed by atoms with Crippen LogP contribution in [0.25, 0.3) is 11.1 Å². The highest BCUT2D eigenvalue weighted by atomic mass is 19.4. The molecule has 0 aliphatic rings. The first-order chi connectivity index (χ1) is 10.8. The van der Waals surface area contributed by atoms with Crippen LogP contribution in [0.1, 0.15) is 10.4 Å². The summed E-state index contributed by atoms with van der Waals surface area (Å²) in [6, 6.07) is 9.93. The number of hydrogen-bond donors (Lipinski definition) is 0. The van der Waals surface area contributed by atoms with Crippen molar-refractivity contribution < 1.29 is 32.2 Å². The van der Waals surface area contributed by atoms with Gasteiger partial charge in [-0.15, -0.1) is 13.2 Å². The topological polar surface area (TPSA) is 44.8 Å². The number of halogens is 3. The Morgan fingerprint density at radius 2 is 1.65 bits per heavy atom. The molecule has 4 nitrogen and oxygen atoms in total. The van der Waals surface area contributed by atoms with Gasteiger partial charge in [-0.1, -0.05) is 12.1 Å². The lowest BCUT2D eigenvalue weighted by atomic mass is 10.0. The fourth-order valence-electron chi connectivity index (χ4n) is 2.01. The molecule has 0 aliphatic carbocycles. The van der Waals surface area contributed by atoms with Gasteiger partial charge in [-0.05, 0) is 35.9 Å². The number of carbonyl (C=O) groups excluding carboxylic acids is 1. The van der Waals surface area contributed by atoms with Gasteiger partial charge in [0.25, 0.3) is 0 Å². The zero-order valence-electron chi connectivity index (χ0n) is 12.3. The third-order valence-electron chi connectivity index (χ3n) is 3.02. The van der Waals surface area contributed by atoms with E-state index in [1.54, 1.807) is 12.1 Å². The molecule has 0 aliphatic heterocycles. The van der Waals surface area contributed by atoms with Gasteiger partial charge < -0.3 is 14.2 Å². The molecule has 0 atom stereocenters. The summed E-state index contributed by atoms with van der Waals surface area (Å²) >= 11 is 0. The first-order valence-electron chi connectivity index (χ1n) is 6.46. The van der Waals surface area contributed by atoms with Crippen molar-refractivity contribution in [1.82, 2.24) is 0 Å². The van der Waals surface area contributed by atoms with Crippen LogP contribution in [0.5, 0.6) is 11.5 Å². The molecule has 0 spiro atoms. The first kappa shape index (κ1) is 16.7. The molecule has 0 fully saturated rings. The number of benzene rings is 2. The van der Waals surface area contributed by atoms with Crippen LogP contribution in [0, 0.1) is 0 Å². The van der Waals surface area contributed by atoms with Gasteiger partial charge in [-0.3, -0.25) is 0 Å².